The molecule has 0 aliphatic carbocycles. The van der Waals surface area contributed by atoms with Gasteiger partial charge in [0.2, 0.25) is 5.88 Å². The minimum absolute atomic E-state index is 0.0542. The second kappa shape index (κ2) is 8.68. The summed E-state index contributed by atoms with van der Waals surface area (Å²) in [6.45, 7) is 4.15. The van der Waals surface area contributed by atoms with Crippen LogP contribution in [-0.2, 0) is 17.9 Å². The van der Waals surface area contributed by atoms with E-state index in [2.05, 4.69) is 15.2 Å². The lowest BCUT2D eigenvalue weighted by molar-refractivity contribution is -0.118. The Hall–Kier alpha value is -4.11. The van der Waals surface area contributed by atoms with Crippen LogP contribution in [0.3, 0.4) is 0 Å². The van der Waals surface area contributed by atoms with Gasteiger partial charge in [0.15, 0.2) is 5.69 Å². The molecule has 0 saturated carbocycles. The predicted molar refractivity (Wildman–Crippen MR) is 133 cm³/mol. The highest BCUT2D eigenvalue weighted by atomic mass is 32.1. The van der Waals surface area contributed by atoms with Crippen LogP contribution in [0.4, 0.5) is 5.69 Å². The van der Waals surface area contributed by atoms with Crippen molar-refractivity contribution < 1.29 is 9.90 Å². The SMILES string of the molecule is CCn1c(O)c(N=NC(=O)Cn2cnc3scc(-c4ccc(C)cc4)c3c2=O)c2ccccc21. The summed E-state index contributed by atoms with van der Waals surface area (Å²) in [5.74, 6) is -0.676. The lowest BCUT2D eigenvalue weighted by Crippen LogP contribution is -2.23. The number of aromatic nitrogens is 3. The number of nitrogens with zero attached hydrogens (tertiary/aromatic N) is 5. The van der Waals surface area contributed by atoms with Gasteiger partial charge in [0.05, 0.1) is 17.2 Å². The molecule has 0 aliphatic heterocycles. The topological polar surface area (TPSA) is 102 Å². The van der Waals surface area contributed by atoms with Crippen molar-refractivity contribution in [2.45, 2.75) is 26.9 Å². The number of amides is 1. The highest BCUT2D eigenvalue weighted by molar-refractivity contribution is 7.17. The van der Waals surface area contributed by atoms with Gasteiger partial charge in [-0.2, -0.15) is 0 Å². The molecule has 5 aromatic rings. The van der Waals surface area contributed by atoms with Crippen molar-refractivity contribution in [3.63, 3.8) is 0 Å². The Balaban J connectivity index is 1.46. The van der Waals surface area contributed by atoms with Gasteiger partial charge in [-0.05, 0) is 25.5 Å². The van der Waals surface area contributed by atoms with Gasteiger partial charge < -0.3 is 9.67 Å². The van der Waals surface area contributed by atoms with E-state index in [1.54, 1.807) is 4.57 Å². The lowest BCUT2D eigenvalue weighted by atomic mass is 10.1. The number of rotatable bonds is 5. The molecule has 0 atom stereocenters. The second-order valence-corrected chi connectivity index (χ2v) is 8.76. The molecule has 3 aromatic heterocycles. The summed E-state index contributed by atoms with van der Waals surface area (Å²) in [4.78, 5) is 30.8. The third-order valence-corrected chi connectivity index (χ3v) is 6.61. The second-order valence-electron chi connectivity index (χ2n) is 7.90. The van der Waals surface area contributed by atoms with Crippen molar-refractivity contribution in [3.8, 4) is 17.0 Å². The Morgan fingerprint density at radius 2 is 1.91 bits per heavy atom. The molecular formula is C25H21N5O3S. The van der Waals surface area contributed by atoms with Crippen molar-refractivity contribution in [3.05, 3.63) is 76.2 Å². The first-order valence-electron chi connectivity index (χ1n) is 10.8. The minimum Gasteiger partial charge on any atom is -0.493 e. The molecule has 0 bridgehead atoms. The van der Waals surface area contributed by atoms with Crippen molar-refractivity contribution >= 4 is 44.1 Å². The Labute approximate surface area is 198 Å². The highest BCUT2D eigenvalue weighted by Crippen LogP contribution is 2.38. The third-order valence-electron chi connectivity index (χ3n) is 5.72. The van der Waals surface area contributed by atoms with Crippen molar-refractivity contribution in [1.29, 1.82) is 0 Å². The van der Waals surface area contributed by atoms with E-state index in [9.17, 15) is 14.7 Å². The number of aromatic hydroxyl groups is 1. The van der Waals surface area contributed by atoms with Crippen molar-refractivity contribution in [2.75, 3.05) is 0 Å². The zero-order valence-electron chi connectivity index (χ0n) is 18.6. The fourth-order valence-corrected chi connectivity index (χ4v) is 4.91. The first-order chi connectivity index (χ1) is 16.5. The first-order valence-corrected chi connectivity index (χ1v) is 11.6. The number of benzene rings is 2. The summed E-state index contributed by atoms with van der Waals surface area (Å²) in [5, 5.41) is 21.4. The molecule has 0 fully saturated rings. The number of aryl methyl sites for hydroxylation is 2. The van der Waals surface area contributed by atoms with Crippen LogP contribution in [0.1, 0.15) is 12.5 Å². The van der Waals surface area contributed by atoms with Crippen LogP contribution in [0, 0.1) is 6.92 Å². The van der Waals surface area contributed by atoms with Gasteiger partial charge in [-0.15, -0.1) is 21.6 Å². The van der Waals surface area contributed by atoms with Gasteiger partial charge in [0, 0.05) is 22.9 Å². The van der Waals surface area contributed by atoms with Gasteiger partial charge in [-0.1, -0.05) is 48.0 Å². The van der Waals surface area contributed by atoms with Crippen molar-refractivity contribution in [1.82, 2.24) is 14.1 Å². The molecule has 8 nitrogen and oxygen atoms in total. The maximum atomic E-state index is 13.2. The number of thiophene rings is 1. The molecule has 0 unspecified atom stereocenters. The van der Waals surface area contributed by atoms with E-state index in [4.69, 9.17) is 0 Å². The van der Waals surface area contributed by atoms with Crippen LogP contribution in [0.25, 0.3) is 32.2 Å². The molecule has 34 heavy (non-hydrogen) atoms. The molecule has 1 N–H and O–H groups in total. The number of carbonyl (C=O) groups is 1. The van der Waals surface area contributed by atoms with Crippen LogP contribution in [0.5, 0.6) is 5.88 Å². The highest BCUT2D eigenvalue weighted by Gasteiger charge is 2.17. The van der Waals surface area contributed by atoms with Crippen LogP contribution in [-0.4, -0.2) is 25.1 Å². The Bertz CT molecular complexity index is 1630. The number of carbonyl (C=O) groups excluding carboxylic acids is 1. The Morgan fingerprint density at radius 1 is 1.15 bits per heavy atom. The maximum absolute atomic E-state index is 13.2. The van der Waals surface area contributed by atoms with Gasteiger partial charge in [-0.3, -0.25) is 14.2 Å². The quantitative estimate of drug-likeness (QED) is 0.346. The van der Waals surface area contributed by atoms with Crippen LogP contribution in [0.15, 0.2) is 75.3 Å². The molecule has 3 heterocycles. The van der Waals surface area contributed by atoms with E-state index in [1.165, 1.54) is 22.2 Å². The van der Waals surface area contributed by atoms with E-state index >= 15 is 0 Å². The third kappa shape index (κ3) is 3.69. The number of azo groups is 1. The van der Waals surface area contributed by atoms with Gasteiger partial charge in [0.25, 0.3) is 11.5 Å². The van der Waals surface area contributed by atoms with Crippen LogP contribution >= 0.6 is 11.3 Å². The summed E-state index contributed by atoms with van der Waals surface area (Å²) >= 11 is 1.39. The summed E-state index contributed by atoms with van der Waals surface area (Å²) in [6.07, 6.45) is 1.36. The average molecular weight is 472 g/mol. The largest absolute Gasteiger partial charge is 0.493 e. The van der Waals surface area contributed by atoms with E-state index in [-0.39, 0.29) is 23.7 Å². The normalized spacial score (nSPS) is 11.7. The predicted octanol–water partition coefficient (Wildman–Crippen LogP) is 5.42. The molecule has 170 valence electrons. The standard InChI is InChI=1S/C25H21N5O3S/c1-3-30-19-7-5-4-6-17(19)22(25(30)33)28-27-20(31)12-29-14-26-23-21(24(29)32)18(13-34-23)16-10-8-15(2)9-11-16/h4-11,13-14,33H,3,12H2,1-2H3. The molecule has 0 radical (unpaired) electrons. The fraction of sp³-hybridized carbons (Fsp3) is 0.160. The fourth-order valence-electron chi connectivity index (χ4n) is 4.00. The molecule has 0 saturated heterocycles. The molecule has 9 heteroatoms. The van der Waals surface area contributed by atoms with Crippen molar-refractivity contribution in [2.24, 2.45) is 10.2 Å². The zero-order chi connectivity index (χ0) is 23.8. The van der Waals surface area contributed by atoms with Crippen LogP contribution in [0.2, 0.25) is 0 Å². The summed E-state index contributed by atoms with van der Waals surface area (Å²) in [7, 11) is 0. The summed E-state index contributed by atoms with van der Waals surface area (Å²) < 4.78 is 2.93. The van der Waals surface area contributed by atoms with E-state index in [0.717, 1.165) is 22.2 Å². The number of hydrogen-bond acceptors (Lipinski definition) is 6. The van der Waals surface area contributed by atoms with Crippen LogP contribution < -0.4 is 5.56 Å². The molecular weight excluding hydrogens is 450 g/mol. The number of hydrogen-bond donors (Lipinski definition) is 1. The van der Waals surface area contributed by atoms with E-state index < -0.39 is 5.91 Å². The summed E-state index contributed by atoms with van der Waals surface area (Å²) in [6, 6.07) is 15.3. The summed E-state index contributed by atoms with van der Waals surface area (Å²) in [5.41, 5.74) is 3.56. The molecule has 0 spiro atoms. The average Bonchev–Trinajstić information content (AvgIpc) is 3.39. The molecule has 1 amide bonds. The minimum atomic E-state index is -0.622. The number of para-hydroxylation sites is 1. The lowest BCUT2D eigenvalue weighted by Gasteiger charge is -2.04. The molecule has 5 rings (SSSR count). The zero-order valence-corrected chi connectivity index (χ0v) is 19.4. The van der Waals surface area contributed by atoms with E-state index in [0.29, 0.717) is 22.1 Å². The Morgan fingerprint density at radius 3 is 2.68 bits per heavy atom. The Kier molecular flexibility index (Phi) is 5.54. The molecule has 2 aromatic carbocycles. The van der Waals surface area contributed by atoms with Gasteiger partial charge in [0.1, 0.15) is 11.4 Å². The monoisotopic (exact) mass is 471 g/mol. The molecule has 0 aliphatic rings. The van der Waals surface area contributed by atoms with E-state index in [1.807, 2.05) is 67.8 Å². The first kappa shape index (κ1) is 21.7. The van der Waals surface area contributed by atoms with Gasteiger partial charge >= 0.3 is 0 Å². The maximum Gasteiger partial charge on any atom is 0.284 e. The number of fused-ring (bicyclic) bond motifs is 2. The van der Waals surface area contributed by atoms with Gasteiger partial charge in [-0.25, -0.2) is 4.98 Å². The smallest absolute Gasteiger partial charge is 0.284 e.